The van der Waals surface area contributed by atoms with Gasteiger partial charge in [0.05, 0.1) is 0 Å². The van der Waals surface area contributed by atoms with Crippen molar-refractivity contribution in [2.45, 2.75) is 51.0 Å². The molecule has 0 bridgehead atoms. The largest absolute Gasteiger partial charge is 0.314 e. The Bertz CT molecular complexity index is 209. The fourth-order valence-electron chi connectivity index (χ4n) is 2.30. The van der Waals surface area contributed by atoms with Crippen molar-refractivity contribution < 1.29 is 0 Å². The topological polar surface area (TPSA) is 48.1 Å². The summed E-state index contributed by atoms with van der Waals surface area (Å²) in [6.07, 6.45) is 11.3. The monoisotopic (exact) mass is 210 g/mol. The second-order valence-corrected chi connectivity index (χ2v) is 4.46. The molecule has 1 aliphatic heterocycles. The van der Waals surface area contributed by atoms with Crippen LogP contribution in [0.3, 0.4) is 0 Å². The lowest BCUT2D eigenvalue weighted by Crippen LogP contribution is -2.33. The first-order chi connectivity index (χ1) is 7.45. The molecule has 0 aromatic carbocycles. The van der Waals surface area contributed by atoms with Crippen molar-refractivity contribution in [3.8, 4) is 0 Å². The number of hydrogen-bond donors (Lipinski definition) is 4. The summed E-state index contributed by atoms with van der Waals surface area (Å²) >= 11 is 0. The zero-order chi connectivity index (χ0) is 10.3. The average molecular weight is 210 g/mol. The molecule has 1 heterocycles. The second-order valence-electron chi connectivity index (χ2n) is 4.46. The molecule has 0 spiro atoms. The normalized spacial score (nSPS) is 22.0. The van der Waals surface area contributed by atoms with Crippen LogP contribution in [0.5, 0.6) is 0 Å². The van der Waals surface area contributed by atoms with E-state index in [0.29, 0.717) is 0 Å². The standard InChI is InChI=1S/C11H22N4/c1-2-5-10(6-3-1)12-8-4-7-11-9-13-15-14-11/h9-10,12-15H,1-8H2. The molecule has 2 aliphatic rings. The summed E-state index contributed by atoms with van der Waals surface area (Å²) < 4.78 is 0. The SMILES string of the molecule is C1=C(CCCNC2CCCCC2)NNN1. The molecule has 86 valence electrons. The highest BCUT2D eigenvalue weighted by Crippen LogP contribution is 2.17. The molecule has 0 aromatic heterocycles. The molecule has 0 radical (unpaired) electrons. The van der Waals surface area contributed by atoms with Gasteiger partial charge in [-0.2, -0.15) is 5.53 Å². The molecule has 1 saturated carbocycles. The maximum absolute atomic E-state index is 3.65. The lowest BCUT2D eigenvalue weighted by molar-refractivity contribution is 0.372. The molecule has 15 heavy (non-hydrogen) atoms. The Kier molecular flexibility index (Phi) is 4.29. The average Bonchev–Trinajstić information content (AvgIpc) is 2.79. The van der Waals surface area contributed by atoms with Crippen LogP contribution >= 0.6 is 0 Å². The molecule has 0 unspecified atom stereocenters. The highest BCUT2D eigenvalue weighted by atomic mass is 15.6. The third kappa shape index (κ3) is 3.72. The molecule has 1 fully saturated rings. The van der Waals surface area contributed by atoms with Crippen LogP contribution in [-0.4, -0.2) is 12.6 Å². The van der Waals surface area contributed by atoms with E-state index in [1.54, 1.807) is 0 Å². The third-order valence-electron chi connectivity index (χ3n) is 3.20. The number of hydrogen-bond acceptors (Lipinski definition) is 4. The molecule has 0 atom stereocenters. The Morgan fingerprint density at radius 1 is 1.27 bits per heavy atom. The van der Waals surface area contributed by atoms with Crippen LogP contribution in [0.25, 0.3) is 0 Å². The molecule has 4 nitrogen and oxygen atoms in total. The van der Waals surface area contributed by atoms with Crippen LogP contribution in [-0.2, 0) is 0 Å². The van der Waals surface area contributed by atoms with Crippen molar-refractivity contribution in [2.75, 3.05) is 6.54 Å². The summed E-state index contributed by atoms with van der Waals surface area (Å²) in [7, 11) is 0. The van der Waals surface area contributed by atoms with Crippen molar-refractivity contribution in [1.82, 2.24) is 21.7 Å². The molecular weight excluding hydrogens is 188 g/mol. The summed E-state index contributed by atoms with van der Waals surface area (Å²) in [5, 5.41) is 3.65. The van der Waals surface area contributed by atoms with Crippen molar-refractivity contribution in [2.24, 2.45) is 0 Å². The van der Waals surface area contributed by atoms with Gasteiger partial charge in [-0.25, -0.2) is 0 Å². The maximum Gasteiger partial charge on any atom is 0.0451 e. The molecular formula is C11H22N4. The van der Waals surface area contributed by atoms with Crippen LogP contribution in [0.15, 0.2) is 11.9 Å². The Morgan fingerprint density at radius 2 is 2.13 bits per heavy atom. The molecule has 4 heteroatoms. The fraction of sp³-hybridized carbons (Fsp3) is 0.818. The molecule has 4 N–H and O–H groups in total. The number of nitrogens with one attached hydrogen (secondary N) is 4. The Balaban J connectivity index is 1.50. The molecule has 0 amide bonds. The van der Waals surface area contributed by atoms with E-state index in [1.165, 1.54) is 44.2 Å². The van der Waals surface area contributed by atoms with E-state index in [2.05, 4.69) is 21.7 Å². The van der Waals surface area contributed by atoms with E-state index in [4.69, 9.17) is 0 Å². The molecule has 1 aliphatic carbocycles. The minimum atomic E-state index is 0.792. The van der Waals surface area contributed by atoms with E-state index >= 15 is 0 Å². The van der Waals surface area contributed by atoms with Gasteiger partial charge in [0.2, 0.25) is 0 Å². The summed E-state index contributed by atoms with van der Waals surface area (Å²) in [4.78, 5) is 0. The van der Waals surface area contributed by atoms with Gasteiger partial charge in [0, 0.05) is 17.9 Å². The first-order valence-electron chi connectivity index (χ1n) is 6.14. The predicted molar refractivity (Wildman–Crippen MR) is 61.6 cm³/mol. The smallest absolute Gasteiger partial charge is 0.0451 e. The van der Waals surface area contributed by atoms with Crippen molar-refractivity contribution >= 4 is 0 Å². The van der Waals surface area contributed by atoms with E-state index < -0.39 is 0 Å². The third-order valence-corrected chi connectivity index (χ3v) is 3.20. The highest BCUT2D eigenvalue weighted by Gasteiger charge is 2.11. The Labute approximate surface area is 91.8 Å². The van der Waals surface area contributed by atoms with Gasteiger partial charge in [-0.1, -0.05) is 19.3 Å². The molecule has 0 aromatic rings. The maximum atomic E-state index is 3.65. The number of rotatable bonds is 5. The van der Waals surface area contributed by atoms with Crippen molar-refractivity contribution in [3.63, 3.8) is 0 Å². The summed E-state index contributed by atoms with van der Waals surface area (Å²) in [6, 6.07) is 0.792. The van der Waals surface area contributed by atoms with Gasteiger partial charge in [0.15, 0.2) is 0 Å². The van der Waals surface area contributed by atoms with Gasteiger partial charge in [-0.15, -0.1) is 0 Å². The summed E-state index contributed by atoms with van der Waals surface area (Å²) in [5.74, 6) is 0. The minimum Gasteiger partial charge on any atom is -0.314 e. The van der Waals surface area contributed by atoms with Crippen LogP contribution in [0.1, 0.15) is 44.9 Å². The lowest BCUT2D eigenvalue weighted by Gasteiger charge is -2.22. The highest BCUT2D eigenvalue weighted by molar-refractivity contribution is 4.99. The zero-order valence-corrected chi connectivity index (χ0v) is 9.31. The predicted octanol–water partition coefficient (Wildman–Crippen LogP) is 1.14. The van der Waals surface area contributed by atoms with Gasteiger partial charge < -0.3 is 16.2 Å². The van der Waals surface area contributed by atoms with Crippen molar-refractivity contribution in [1.29, 1.82) is 0 Å². The van der Waals surface area contributed by atoms with Gasteiger partial charge in [0.25, 0.3) is 0 Å². The Morgan fingerprint density at radius 3 is 2.87 bits per heavy atom. The lowest BCUT2D eigenvalue weighted by atomic mass is 9.95. The van der Waals surface area contributed by atoms with Gasteiger partial charge in [0.1, 0.15) is 0 Å². The summed E-state index contributed by atoms with van der Waals surface area (Å²) in [6.45, 7) is 1.14. The van der Waals surface area contributed by atoms with Crippen LogP contribution in [0.2, 0.25) is 0 Å². The second kappa shape index (κ2) is 5.98. The Hall–Kier alpha value is -0.740. The first-order valence-corrected chi connectivity index (χ1v) is 6.14. The number of hydrazine groups is 2. The van der Waals surface area contributed by atoms with E-state index in [9.17, 15) is 0 Å². The van der Waals surface area contributed by atoms with Gasteiger partial charge in [-0.3, -0.25) is 0 Å². The first kappa shape index (κ1) is 10.8. The molecule has 2 rings (SSSR count). The zero-order valence-electron chi connectivity index (χ0n) is 9.31. The number of allylic oxidation sites excluding steroid dienone is 1. The molecule has 0 saturated heterocycles. The summed E-state index contributed by atoms with van der Waals surface area (Å²) in [5.41, 5.74) is 10.1. The van der Waals surface area contributed by atoms with Crippen LogP contribution < -0.4 is 21.7 Å². The fourth-order valence-corrected chi connectivity index (χ4v) is 2.30. The van der Waals surface area contributed by atoms with E-state index in [0.717, 1.165) is 19.0 Å². The van der Waals surface area contributed by atoms with E-state index in [-0.39, 0.29) is 0 Å². The van der Waals surface area contributed by atoms with Crippen LogP contribution in [0, 0.1) is 0 Å². The van der Waals surface area contributed by atoms with Gasteiger partial charge >= 0.3 is 0 Å². The minimum absolute atomic E-state index is 0.792. The van der Waals surface area contributed by atoms with Gasteiger partial charge in [-0.05, 0) is 32.2 Å². The quantitative estimate of drug-likeness (QED) is 0.514. The van der Waals surface area contributed by atoms with Crippen LogP contribution in [0.4, 0.5) is 0 Å². The van der Waals surface area contributed by atoms with E-state index in [1.807, 2.05) is 6.20 Å². The van der Waals surface area contributed by atoms with Crippen molar-refractivity contribution in [3.05, 3.63) is 11.9 Å².